The number of aryl methyl sites for hydroxylation is 1. The van der Waals surface area contributed by atoms with E-state index in [-0.39, 0.29) is 18.2 Å². The first-order valence-electron chi connectivity index (χ1n) is 8.46. The average Bonchev–Trinajstić information content (AvgIpc) is 2.66. The number of hydrogen-bond acceptors (Lipinski definition) is 3. The lowest BCUT2D eigenvalue weighted by molar-refractivity contribution is -0.116. The van der Waals surface area contributed by atoms with Gasteiger partial charge in [-0.05, 0) is 41.8 Å². The lowest BCUT2D eigenvalue weighted by Gasteiger charge is -2.10. The smallest absolute Gasteiger partial charge is 0.244 e. The maximum absolute atomic E-state index is 12.0. The van der Waals surface area contributed by atoms with E-state index in [0.29, 0.717) is 5.56 Å². The molecule has 0 aliphatic heterocycles. The van der Waals surface area contributed by atoms with Crippen LogP contribution < -0.4 is 10.0 Å². The molecule has 0 atom stereocenters. The average molecular weight is 372 g/mol. The third-order valence-electron chi connectivity index (χ3n) is 4.04. The number of carbonyl (C=O) groups is 1. The Kier molecular flexibility index (Phi) is 7.12. The van der Waals surface area contributed by atoms with Crippen LogP contribution in [0.3, 0.4) is 0 Å². The van der Waals surface area contributed by atoms with E-state index in [1.54, 1.807) is 18.2 Å². The quantitative estimate of drug-likeness (QED) is 0.700. The lowest BCUT2D eigenvalue weighted by Crippen LogP contribution is -2.24. The second kappa shape index (κ2) is 9.31. The van der Waals surface area contributed by atoms with Crippen LogP contribution in [-0.2, 0) is 33.5 Å². The summed E-state index contributed by atoms with van der Waals surface area (Å²) in [6, 6.07) is 15.2. The van der Waals surface area contributed by atoms with Crippen LogP contribution in [0.15, 0.2) is 54.6 Å². The zero-order valence-electron chi connectivity index (χ0n) is 15.0. The van der Waals surface area contributed by atoms with Crippen LogP contribution in [0.5, 0.6) is 0 Å². The number of hydrogen-bond donors (Lipinski definition) is 2. The van der Waals surface area contributed by atoms with Gasteiger partial charge in [-0.3, -0.25) is 4.79 Å². The zero-order chi connectivity index (χ0) is 19.0. The fraction of sp³-hybridized carbons (Fsp3) is 0.250. The van der Waals surface area contributed by atoms with E-state index >= 15 is 0 Å². The van der Waals surface area contributed by atoms with Crippen molar-refractivity contribution in [3.05, 3.63) is 76.9 Å². The highest BCUT2D eigenvalue weighted by molar-refractivity contribution is 7.88. The molecule has 1 amide bonds. The van der Waals surface area contributed by atoms with Crippen molar-refractivity contribution in [3.63, 3.8) is 0 Å². The highest BCUT2D eigenvalue weighted by atomic mass is 32.2. The molecule has 2 N–H and O–H groups in total. The van der Waals surface area contributed by atoms with Crippen molar-refractivity contribution in [1.29, 1.82) is 0 Å². The molecule has 0 fully saturated rings. The minimum absolute atomic E-state index is 0.116. The SMILES string of the molecule is CCc1ccc(/C=C/C(=O)NCc2ccccc2CS(=O)(=O)NC)cc1. The largest absolute Gasteiger partial charge is 0.348 e. The van der Waals surface area contributed by atoms with Crippen molar-refractivity contribution in [2.24, 2.45) is 0 Å². The van der Waals surface area contributed by atoms with Gasteiger partial charge in [0.15, 0.2) is 0 Å². The van der Waals surface area contributed by atoms with Gasteiger partial charge in [-0.15, -0.1) is 0 Å². The van der Waals surface area contributed by atoms with Crippen molar-refractivity contribution in [2.75, 3.05) is 7.05 Å². The second-order valence-corrected chi connectivity index (χ2v) is 7.80. The molecule has 0 bridgehead atoms. The van der Waals surface area contributed by atoms with Crippen LogP contribution in [0, 0.1) is 0 Å². The molecule has 6 heteroatoms. The third-order valence-corrected chi connectivity index (χ3v) is 5.36. The molecule has 2 rings (SSSR count). The molecule has 138 valence electrons. The number of amides is 1. The van der Waals surface area contributed by atoms with Crippen LogP contribution in [0.1, 0.15) is 29.2 Å². The molecule has 5 nitrogen and oxygen atoms in total. The predicted molar refractivity (Wildman–Crippen MR) is 105 cm³/mol. The van der Waals surface area contributed by atoms with Crippen molar-refractivity contribution in [3.8, 4) is 0 Å². The Hall–Kier alpha value is -2.44. The van der Waals surface area contributed by atoms with Gasteiger partial charge in [-0.25, -0.2) is 13.1 Å². The van der Waals surface area contributed by atoms with Crippen molar-refractivity contribution >= 4 is 22.0 Å². The van der Waals surface area contributed by atoms with E-state index in [1.807, 2.05) is 36.4 Å². The first-order valence-corrected chi connectivity index (χ1v) is 10.1. The van der Waals surface area contributed by atoms with Crippen molar-refractivity contribution < 1.29 is 13.2 Å². The Morgan fingerprint density at radius 2 is 1.69 bits per heavy atom. The summed E-state index contributed by atoms with van der Waals surface area (Å²) in [7, 11) is -1.98. The molecule has 26 heavy (non-hydrogen) atoms. The predicted octanol–water partition coefficient (Wildman–Crippen LogP) is 2.63. The Labute approximate surface area is 155 Å². The van der Waals surface area contributed by atoms with Gasteiger partial charge in [-0.2, -0.15) is 0 Å². The molecule has 0 spiro atoms. The maximum Gasteiger partial charge on any atom is 0.244 e. The second-order valence-electron chi connectivity index (χ2n) is 5.88. The van der Waals surface area contributed by atoms with Crippen LogP contribution in [0.4, 0.5) is 0 Å². The van der Waals surface area contributed by atoms with Crippen LogP contribution >= 0.6 is 0 Å². The summed E-state index contributed by atoms with van der Waals surface area (Å²) in [4.78, 5) is 12.0. The Balaban J connectivity index is 1.97. The molecule has 0 aliphatic rings. The van der Waals surface area contributed by atoms with Gasteiger partial charge >= 0.3 is 0 Å². The van der Waals surface area contributed by atoms with Gasteiger partial charge in [0.05, 0.1) is 5.75 Å². The lowest BCUT2D eigenvalue weighted by atomic mass is 10.1. The Bertz CT molecular complexity index is 872. The molecule has 2 aromatic rings. The van der Waals surface area contributed by atoms with E-state index in [4.69, 9.17) is 0 Å². The van der Waals surface area contributed by atoms with Gasteiger partial charge in [0, 0.05) is 12.6 Å². The topological polar surface area (TPSA) is 75.3 Å². The Morgan fingerprint density at radius 3 is 2.31 bits per heavy atom. The summed E-state index contributed by atoms with van der Waals surface area (Å²) in [5.41, 5.74) is 3.65. The molecule has 0 aromatic heterocycles. The summed E-state index contributed by atoms with van der Waals surface area (Å²) < 4.78 is 25.8. The molecule has 0 unspecified atom stereocenters. The van der Waals surface area contributed by atoms with Gasteiger partial charge in [0.25, 0.3) is 0 Å². The zero-order valence-corrected chi connectivity index (χ0v) is 15.8. The molecule has 0 saturated heterocycles. The molecule has 0 radical (unpaired) electrons. The molecule has 2 aromatic carbocycles. The molecular formula is C20H24N2O3S. The van der Waals surface area contributed by atoms with Crippen LogP contribution in [0.25, 0.3) is 6.08 Å². The molecule has 0 saturated carbocycles. The third kappa shape index (κ3) is 6.13. The summed E-state index contributed by atoms with van der Waals surface area (Å²) >= 11 is 0. The van der Waals surface area contributed by atoms with E-state index in [9.17, 15) is 13.2 Å². The van der Waals surface area contributed by atoms with E-state index < -0.39 is 10.0 Å². The summed E-state index contributed by atoms with van der Waals surface area (Å²) in [6.07, 6.45) is 4.22. The number of nitrogens with one attached hydrogen (secondary N) is 2. The molecule has 0 aliphatic carbocycles. The summed E-state index contributed by atoms with van der Waals surface area (Å²) in [6.45, 7) is 2.37. The fourth-order valence-corrected chi connectivity index (χ4v) is 3.26. The van der Waals surface area contributed by atoms with E-state index in [0.717, 1.165) is 17.5 Å². The van der Waals surface area contributed by atoms with Gasteiger partial charge in [0.2, 0.25) is 15.9 Å². The first kappa shape index (κ1) is 19.9. The minimum Gasteiger partial charge on any atom is -0.348 e. The number of rotatable bonds is 8. The molecule has 0 heterocycles. The minimum atomic E-state index is -3.36. The van der Waals surface area contributed by atoms with Gasteiger partial charge < -0.3 is 5.32 Å². The summed E-state index contributed by atoms with van der Waals surface area (Å²) in [5.74, 6) is -0.342. The standard InChI is InChI=1S/C20H24N2O3S/c1-3-16-8-10-17(11-9-16)12-13-20(23)22-14-18-6-4-5-7-19(18)15-26(24,25)21-2/h4-13,21H,3,14-15H2,1-2H3,(H,22,23)/b13-12+. The maximum atomic E-state index is 12.0. The number of carbonyl (C=O) groups excluding carboxylic acids is 1. The van der Waals surface area contributed by atoms with Gasteiger partial charge in [-0.1, -0.05) is 55.5 Å². The highest BCUT2D eigenvalue weighted by Crippen LogP contribution is 2.12. The van der Waals surface area contributed by atoms with Crippen molar-refractivity contribution in [1.82, 2.24) is 10.0 Å². The van der Waals surface area contributed by atoms with Gasteiger partial charge in [0.1, 0.15) is 0 Å². The number of sulfonamides is 1. The van der Waals surface area contributed by atoms with Crippen LogP contribution in [0.2, 0.25) is 0 Å². The monoisotopic (exact) mass is 372 g/mol. The summed E-state index contributed by atoms with van der Waals surface area (Å²) in [5, 5.41) is 2.79. The van der Waals surface area contributed by atoms with E-state index in [2.05, 4.69) is 17.0 Å². The highest BCUT2D eigenvalue weighted by Gasteiger charge is 2.12. The number of benzene rings is 2. The fourth-order valence-electron chi connectivity index (χ4n) is 2.43. The Morgan fingerprint density at radius 1 is 1.04 bits per heavy atom. The van der Waals surface area contributed by atoms with Crippen LogP contribution in [-0.4, -0.2) is 21.4 Å². The normalized spacial score (nSPS) is 11.6. The first-order chi connectivity index (χ1) is 12.4. The molecular weight excluding hydrogens is 348 g/mol. The van der Waals surface area contributed by atoms with E-state index in [1.165, 1.54) is 18.7 Å². The van der Waals surface area contributed by atoms with Crippen molar-refractivity contribution in [2.45, 2.75) is 25.6 Å².